The molecule has 4 N–H and O–H groups in total. The Morgan fingerprint density at radius 1 is 0.955 bits per heavy atom. The topological polar surface area (TPSA) is 206 Å². The molecule has 2 bridgehead atoms. The summed E-state index contributed by atoms with van der Waals surface area (Å²) in [7, 11) is 5.29. The number of rotatable bonds is 13. The van der Waals surface area contributed by atoms with E-state index >= 15 is 0 Å². The van der Waals surface area contributed by atoms with Gasteiger partial charge in [-0.15, -0.1) is 0 Å². The van der Waals surface area contributed by atoms with Gasteiger partial charge in [0.15, 0.2) is 30.1 Å². The van der Waals surface area contributed by atoms with E-state index in [1.165, 1.54) is 7.11 Å². The number of Topliss-reactive ketones (excluding diaryl/α,β-unsaturated/α-hetero) is 1. The highest BCUT2D eigenvalue weighted by Gasteiger charge is 2.59. The summed E-state index contributed by atoms with van der Waals surface area (Å²) in [6.07, 6.45) is -6.55. The highest BCUT2D eigenvalue weighted by atomic mass is 16.7. The van der Waals surface area contributed by atoms with Crippen LogP contribution in [0.5, 0.6) is 0 Å². The van der Waals surface area contributed by atoms with Crippen LogP contribution < -0.4 is 10.6 Å². The van der Waals surface area contributed by atoms with Crippen LogP contribution >= 0.6 is 0 Å². The molecule has 376 valence electrons. The number of ether oxygens (including phenoxy) is 8. The Bertz CT molecular complexity index is 2000. The fraction of sp³-hybridized carbons (Fsp3) is 0.760. The number of likely N-dealkylation sites (N-methyl/N-ethyl adjacent to an activating group) is 1. The van der Waals surface area contributed by atoms with Crippen molar-refractivity contribution < 1.29 is 62.5 Å². The standard InChI is InChI=1S/C50H78N4O13/c1-14-37-50(10)42(56)29(4)40(67-50)27(2)24-48(8,59)43(65-46-39(55)36(54(11)12)23-28(3)61-46)30(5)41(31(6)45(57)63-37)64-38-25-49(9,60-13)44(32(7)62-38)66-47(58)53-22-21-51-26-33-19-20-52-35-18-16-15-17-34(33)35/h15-20,27-32,36-41,43-44,46,51,55,59H,14,21-26H2,1-13H3,(H,53,58)/t27-,28-,29-,30+,31-,32+,36+,37+,38+,39-,40-,41+,43-,44?,46+,48+,49-,50-/m1/s1. The summed E-state index contributed by atoms with van der Waals surface area (Å²) in [4.78, 5) is 48.2. The molecule has 18 atom stereocenters. The number of aromatic nitrogens is 1. The number of para-hydroxylation sites is 1. The van der Waals surface area contributed by atoms with E-state index in [2.05, 4.69) is 15.6 Å². The minimum absolute atomic E-state index is 0.0845. The molecule has 0 radical (unpaired) electrons. The van der Waals surface area contributed by atoms with Gasteiger partial charge in [-0.3, -0.25) is 14.6 Å². The number of fused-ring (bicyclic) bond motifs is 3. The number of hydrogen-bond acceptors (Lipinski definition) is 16. The molecule has 4 saturated heterocycles. The van der Waals surface area contributed by atoms with E-state index < -0.39 is 102 Å². The van der Waals surface area contributed by atoms with Crippen LogP contribution in [0.15, 0.2) is 36.5 Å². The average Bonchev–Trinajstić information content (AvgIpc) is 3.52. The summed E-state index contributed by atoms with van der Waals surface area (Å²) in [6.45, 7) is 19.3. The second kappa shape index (κ2) is 21.7. The third kappa shape index (κ3) is 11.5. The summed E-state index contributed by atoms with van der Waals surface area (Å²) in [5.74, 6) is -3.51. The fourth-order valence-electron chi connectivity index (χ4n) is 11.2. The average molecular weight is 943 g/mol. The maximum Gasteiger partial charge on any atom is 0.407 e. The first-order chi connectivity index (χ1) is 31.5. The third-order valence-corrected chi connectivity index (χ3v) is 14.9. The number of carbonyl (C=O) groups is 3. The van der Waals surface area contributed by atoms with E-state index in [4.69, 9.17) is 37.9 Å². The number of aliphatic hydroxyl groups excluding tert-OH is 1. The Labute approximate surface area is 396 Å². The van der Waals surface area contributed by atoms with Crippen LogP contribution in [0.3, 0.4) is 0 Å². The van der Waals surface area contributed by atoms with E-state index in [9.17, 15) is 24.6 Å². The van der Waals surface area contributed by atoms with Gasteiger partial charge in [-0.05, 0) is 98.5 Å². The highest BCUT2D eigenvalue weighted by molar-refractivity contribution is 5.92. The Balaban J connectivity index is 1.22. The summed E-state index contributed by atoms with van der Waals surface area (Å²) < 4.78 is 51.4. The van der Waals surface area contributed by atoms with Gasteiger partial charge in [0.25, 0.3) is 0 Å². The molecule has 1 aromatic carbocycles. The number of nitrogens with zero attached hydrogens (tertiary/aromatic N) is 2. The molecule has 5 heterocycles. The summed E-state index contributed by atoms with van der Waals surface area (Å²) >= 11 is 0. The van der Waals surface area contributed by atoms with Crippen LogP contribution in [-0.2, 0) is 54.0 Å². The number of methoxy groups -OCH3 is 1. The third-order valence-electron chi connectivity index (χ3n) is 14.9. The molecule has 6 rings (SSSR count). The molecule has 2 aromatic rings. The molecule has 0 saturated carbocycles. The Hall–Kier alpha value is -3.36. The number of aliphatic hydroxyl groups is 2. The smallest absolute Gasteiger partial charge is 0.407 e. The number of cyclic esters (lactones) is 1. The van der Waals surface area contributed by atoms with Crippen molar-refractivity contribution >= 4 is 28.7 Å². The van der Waals surface area contributed by atoms with Gasteiger partial charge in [0.1, 0.15) is 17.8 Å². The Kier molecular flexibility index (Phi) is 17.2. The number of alkyl carbamates (subject to hydrolysis) is 1. The number of hydrogen-bond donors (Lipinski definition) is 4. The van der Waals surface area contributed by atoms with Crippen LogP contribution in [0.1, 0.15) is 100 Å². The molecular weight excluding hydrogens is 865 g/mol. The summed E-state index contributed by atoms with van der Waals surface area (Å²) in [5.41, 5.74) is -2.17. The minimum Gasteiger partial charge on any atom is -0.459 e. The Morgan fingerprint density at radius 3 is 2.36 bits per heavy atom. The molecule has 1 unspecified atom stereocenters. The number of amides is 1. The zero-order valence-corrected chi connectivity index (χ0v) is 41.9. The lowest BCUT2D eigenvalue weighted by Gasteiger charge is -2.49. The maximum atomic E-state index is 14.5. The molecule has 0 aliphatic carbocycles. The maximum absolute atomic E-state index is 14.5. The summed E-state index contributed by atoms with van der Waals surface area (Å²) in [5, 5.41) is 31.7. The van der Waals surface area contributed by atoms with Crippen LogP contribution in [0, 0.1) is 23.7 Å². The number of carbonyl (C=O) groups excluding carboxylic acids is 3. The van der Waals surface area contributed by atoms with Gasteiger partial charge >= 0.3 is 12.1 Å². The van der Waals surface area contributed by atoms with Crippen molar-refractivity contribution in [3.8, 4) is 0 Å². The highest BCUT2D eigenvalue weighted by Crippen LogP contribution is 2.45. The molecule has 1 aromatic heterocycles. The van der Waals surface area contributed by atoms with Crippen molar-refractivity contribution in [2.24, 2.45) is 23.7 Å². The van der Waals surface area contributed by atoms with E-state index in [1.807, 2.05) is 90.9 Å². The summed E-state index contributed by atoms with van der Waals surface area (Å²) in [6, 6.07) is 9.60. The van der Waals surface area contributed by atoms with E-state index in [1.54, 1.807) is 33.9 Å². The monoisotopic (exact) mass is 943 g/mol. The second-order valence-corrected chi connectivity index (χ2v) is 20.5. The van der Waals surface area contributed by atoms with Gasteiger partial charge in [0.2, 0.25) is 0 Å². The molecular formula is C50H78N4O13. The first kappa shape index (κ1) is 53.0. The van der Waals surface area contributed by atoms with Crippen molar-refractivity contribution in [3.63, 3.8) is 0 Å². The minimum atomic E-state index is -1.65. The lowest BCUT2D eigenvalue weighted by atomic mass is 9.75. The molecule has 67 heavy (non-hydrogen) atoms. The first-order valence-corrected chi connectivity index (χ1v) is 24.2. The number of nitrogens with one attached hydrogen (secondary N) is 2. The number of ketones is 1. The number of benzene rings is 1. The van der Waals surface area contributed by atoms with Crippen molar-refractivity contribution in [1.82, 2.24) is 20.5 Å². The lowest BCUT2D eigenvalue weighted by molar-refractivity contribution is -0.317. The zero-order chi connectivity index (χ0) is 49.2. The normalized spacial score (nSPS) is 41.0. The van der Waals surface area contributed by atoms with Crippen molar-refractivity contribution in [2.75, 3.05) is 34.3 Å². The van der Waals surface area contributed by atoms with Gasteiger partial charge in [-0.2, -0.15) is 0 Å². The van der Waals surface area contributed by atoms with Crippen molar-refractivity contribution in [1.29, 1.82) is 0 Å². The predicted molar refractivity (Wildman–Crippen MR) is 249 cm³/mol. The molecule has 4 fully saturated rings. The number of esters is 1. The molecule has 4 aliphatic rings. The molecule has 0 spiro atoms. The van der Waals surface area contributed by atoms with Crippen LogP contribution in [-0.4, -0.2) is 156 Å². The fourth-order valence-corrected chi connectivity index (χ4v) is 11.2. The van der Waals surface area contributed by atoms with Crippen molar-refractivity contribution in [2.45, 2.75) is 186 Å². The number of pyridine rings is 1. The SMILES string of the molecule is CC[C@@H]1OC(=O)[C@H](C)[C@@H](O[C@H]2C[C@@](C)(OC)C(OC(=O)NCCNCc3ccnc4ccccc34)[C@H](C)O2)[C@H](C)[C@@H](O[C@@H]2O[C@H](C)C[C@H](N(C)C)[C@H]2O)[C@@](C)(O)C[C@@H](C)[C@H]2O[C@@]1(C)C(=O)[C@@H]2C. The van der Waals surface area contributed by atoms with Crippen LogP contribution in [0.4, 0.5) is 4.79 Å². The largest absolute Gasteiger partial charge is 0.459 e. The molecule has 4 aliphatic heterocycles. The van der Waals surface area contributed by atoms with Gasteiger partial charge < -0.3 is 63.6 Å². The van der Waals surface area contributed by atoms with Gasteiger partial charge in [-0.25, -0.2) is 4.79 Å². The van der Waals surface area contributed by atoms with Crippen LogP contribution in [0.25, 0.3) is 10.9 Å². The van der Waals surface area contributed by atoms with E-state index in [0.717, 1.165) is 16.5 Å². The lowest BCUT2D eigenvalue weighted by Crippen LogP contribution is -2.61. The van der Waals surface area contributed by atoms with Crippen molar-refractivity contribution in [3.05, 3.63) is 42.1 Å². The second-order valence-electron chi connectivity index (χ2n) is 20.5. The van der Waals surface area contributed by atoms with Crippen LogP contribution in [0.2, 0.25) is 0 Å². The molecule has 17 heteroatoms. The van der Waals surface area contributed by atoms with Gasteiger partial charge in [-0.1, -0.05) is 45.9 Å². The van der Waals surface area contributed by atoms with E-state index in [0.29, 0.717) is 32.5 Å². The zero-order valence-electron chi connectivity index (χ0n) is 41.9. The molecule has 1 amide bonds. The predicted octanol–water partition coefficient (Wildman–Crippen LogP) is 4.90. The van der Waals surface area contributed by atoms with Gasteiger partial charge in [0, 0.05) is 62.6 Å². The quantitative estimate of drug-likeness (QED) is 0.156. The van der Waals surface area contributed by atoms with Gasteiger partial charge in [0.05, 0.1) is 47.6 Å². The van der Waals surface area contributed by atoms with E-state index in [-0.39, 0.29) is 36.7 Å². The first-order valence-electron chi connectivity index (χ1n) is 24.2. The molecule has 17 nitrogen and oxygen atoms in total. The Morgan fingerprint density at radius 2 is 1.67 bits per heavy atom.